The molecule has 16 heavy (non-hydrogen) atoms. The smallest absolute Gasteiger partial charge is 0.151 e. The number of ether oxygens (including phenoxy) is 1. The largest absolute Gasteiger partial charge is 0.378 e. The van der Waals surface area contributed by atoms with Gasteiger partial charge in [0.05, 0.1) is 18.2 Å². The third-order valence-corrected chi connectivity index (χ3v) is 3.37. The molecule has 1 heterocycles. The summed E-state index contributed by atoms with van der Waals surface area (Å²) in [5.74, 6) is 0. The quantitative estimate of drug-likeness (QED) is 0.742. The van der Waals surface area contributed by atoms with Gasteiger partial charge in [-0.1, -0.05) is 11.6 Å². The van der Waals surface area contributed by atoms with Crippen LogP contribution in [0.1, 0.15) is 15.9 Å². The van der Waals surface area contributed by atoms with Crippen molar-refractivity contribution in [2.75, 3.05) is 31.2 Å². The molecule has 1 aliphatic rings. The molecule has 0 N–H and O–H groups in total. The molecule has 0 amide bonds. The normalized spacial score (nSPS) is 16.2. The van der Waals surface area contributed by atoms with Gasteiger partial charge in [-0.25, -0.2) is 0 Å². The van der Waals surface area contributed by atoms with Crippen LogP contribution < -0.4 is 4.90 Å². The van der Waals surface area contributed by atoms with Gasteiger partial charge in [-0.3, -0.25) is 4.79 Å². The van der Waals surface area contributed by atoms with Gasteiger partial charge >= 0.3 is 0 Å². The highest BCUT2D eigenvalue weighted by atomic mass is 35.5. The molecule has 0 spiro atoms. The number of carbonyl (C=O) groups excluding carboxylic acids is 1. The third kappa shape index (κ3) is 2.06. The number of aldehydes is 1. The zero-order valence-corrected chi connectivity index (χ0v) is 9.96. The van der Waals surface area contributed by atoms with E-state index in [-0.39, 0.29) is 0 Å². The first-order valence-corrected chi connectivity index (χ1v) is 5.69. The maximum atomic E-state index is 10.7. The van der Waals surface area contributed by atoms with Gasteiger partial charge in [-0.15, -0.1) is 0 Å². The zero-order chi connectivity index (χ0) is 11.5. The molecule has 1 aliphatic heterocycles. The molecule has 0 bridgehead atoms. The molecule has 1 fully saturated rings. The summed E-state index contributed by atoms with van der Waals surface area (Å²) < 4.78 is 5.31. The third-order valence-electron chi connectivity index (χ3n) is 2.87. The Morgan fingerprint density at radius 2 is 2.06 bits per heavy atom. The Morgan fingerprint density at radius 1 is 1.38 bits per heavy atom. The minimum atomic E-state index is 0.552. The fourth-order valence-corrected chi connectivity index (χ4v) is 2.14. The van der Waals surface area contributed by atoms with Gasteiger partial charge in [-0.05, 0) is 24.6 Å². The van der Waals surface area contributed by atoms with Gasteiger partial charge in [0.25, 0.3) is 0 Å². The lowest BCUT2D eigenvalue weighted by Gasteiger charge is -2.30. The number of anilines is 1. The number of rotatable bonds is 2. The number of carbonyl (C=O) groups is 1. The van der Waals surface area contributed by atoms with Crippen molar-refractivity contribution in [1.29, 1.82) is 0 Å². The summed E-state index contributed by atoms with van der Waals surface area (Å²) in [6.07, 6.45) is 0.790. The second-order valence-electron chi connectivity index (χ2n) is 3.83. The van der Waals surface area contributed by atoms with Crippen LogP contribution in [0.15, 0.2) is 12.1 Å². The van der Waals surface area contributed by atoms with Crippen LogP contribution in [0.3, 0.4) is 0 Å². The predicted molar refractivity (Wildman–Crippen MR) is 64.6 cm³/mol. The molecule has 1 saturated heterocycles. The highest BCUT2D eigenvalue weighted by molar-refractivity contribution is 6.34. The maximum Gasteiger partial charge on any atom is 0.151 e. The minimum absolute atomic E-state index is 0.552. The molecule has 0 aromatic heterocycles. The minimum Gasteiger partial charge on any atom is -0.378 e. The number of nitrogens with zero attached hydrogens (tertiary/aromatic N) is 1. The number of hydrogen-bond acceptors (Lipinski definition) is 3. The highest BCUT2D eigenvalue weighted by Gasteiger charge is 2.15. The fraction of sp³-hybridized carbons (Fsp3) is 0.417. The van der Waals surface area contributed by atoms with E-state index in [0.717, 1.165) is 43.8 Å². The van der Waals surface area contributed by atoms with Crippen LogP contribution >= 0.6 is 11.6 Å². The van der Waals surface area contributed by atoms with Crippen LogP contribution in [0.4, 0.5) is 5.69 Å². The number of benzene rings is 1. The van der Waals surface area contributed by atoms with Crippen molar-refractivity contribution >= 4 is 23.6 Å². The monoisotopic (exact) mass is 239 g/mol. The van der Waals surface area contributed by atoms with Gasteiger partial charge in [-0.2, -0.15) is 0 Å². The molecular weight excluding hydrogens is 226 g/mol. The molecule has 0 saturated carbocycles. The molecule has 0 aliphatic carbocycles. The van der Waals surface area contributed by atoms with E-state index in [1.165, 1.54) is 0 Å². The Bertz CT molecular complexity index is 400. The average Bonchev–Trinajstić information content (AvgIpc) is 2.34. The van der Waals surface area contributed by atoms with E-state index in [1.54, 1.807) is 6.07 Å². The summed E-state index contributed by atoms with van der Waals surface area (Å²) in [5.41, 5.74) is 2.61. The van der Waals surface area contributed by atoms with Gasteiger partial charge in [0.15, 0.2) is 6.29 Å². The zero-order valence-electron chi connectivity index (χ0n) is 9.20. The van der Waals surface area contributed by atoms with Crippen molar-refractivity contribution in [2.24, 2.45) is 0 Å². The molecule has 0 atom stereocenters. The van der Waals surface area contributed by atoms with Gasteiger partial charge in [0.2, 0.25) is 0 Å². The van der Waals surface area contributed by atoms with Crippen molar-refractivity contribution < 1.29 is 9.53 Å². The van der Waals surface area contributed by atoms with Crippen LogP contribution in [0, 0.1) is 6.92 Å². The molecular formula is C12H14ClNO2. The van der Waals surface area contributed by atoms with E-state index in [0.29, 0.717) is 10.6 Å². The maximum absolute atomic E-state index is 10.7. The van der Waals surface area contributed by atoms with Crippen LogP contribution in [0.2, 0.25) is 5.02 Å². The molecule has 0 radical (unpaired) electrons. The van der Waals surface area contributed by atoms with Gasteiger partial charge < -0.3 is 9.64 Å². The second-order valence-corrected chi connectivity index (χ2v) is 4.21. The van der Waals surface area contributed by atoms with E-state index in [1.807, 2.05) is 13.0 Å². The number of halogens is 1. The number of hydrogen-bond donors (Lipinski definition) is 0. The molecule has 4 heteroatoms. The van der Waals surface area contributed by atoms with Crippen LogP contribution in [-0.4, -0.2) is 32.6 Å². The summed E-state index contributed by atoms with van der Waals surface area (Å²) >= 11 is 6.13. The topological polar surface area (TPSA) is 29.5 Å². The lowest BCUT2D eigenvalue weighted by atomic mass is 10.1. The Kier molecular flexibility index (Phi) is 3.46. The standard InChI is InChI=1S/C12H14ClNO2/c1-9-11(14-4-6-16-7-5-14)3-2-10(8-15)12(9)13/h2-3,8H,4-7H2,1H3. The molecule has 0 unspecified atom stereocenters. The predicted octanol–water partition coefficient (Wildman–Crippen LogP) is 2.30. The Labute approximate surface area is 100.0 Å². The Balaban J connectivity index is 2.34. The summed E-state index contributed by atoms with van der Waals surface area (Å²) in [6, 6.07) is 3.73. The highest BCUT2D eigenvalue weighted by Crippen LogP contribution is 2.29. The van der Waals surface area contributed by atoms with Gasteiger partial charge in [0, 0.05) is 24.3 Å². The van der Waals surface area contributed by atoms with E-state index < -0.39 is 0 Å². The lowest BCUT2D eigenvalue weighted by Crippen LogP contribution is -2.36. The van der Waals surface area contributed by atoms with Crippen LogP contribution in [-0.2, 0) is 4.74 Å². The SMILES string of the molecule is Cc1c(N2CCOCC2)ccc(C=O)c1Cl. The summed E-state index contributed by atoms with van der Waals surface area (Å²) in [7, 11) is 0. The fourth-order valence-electron chi connectivity index (χ4n) is 1.93. The van der Waals surface area contributed by atoms with E-state index in [4.69, 9.17) is 16.3 Å². The first kappa shape index (κ1) is 11.4. The first-order chi connectivity index (χ1) is 7.74. The van der Waals surface area contributed by atoms with Crippen LogP contribution in [0.5, 0.6) is 0 Å². The summed E-state index contributed by atoms with van der Waals surface area (Å²) in [6.45, 7) is 5.17. The molecule has 3 nitrogen and oxygen atoms in total. The summed E-state index contributed by atoms with van der Waals surface area (Å²) in [4.78, 5) is 13.0. The summed E-state index contributed by atoms with van der Waals surface area (Å²) in [5, 5.41) is 0.555. The van der Waals surface area contributed by atoms with E-state index in [2.05, 4.69) is 4.90 Å². The van der Waals surface area contributed by atoms with Crippen molar-refractivity contribution in [1.82, 2.24) is 0 Å². The second kappa shape index (κ2) is 4.85. The van der Waals surface area contributed by atoms with E-state index >= 15 is 0 Å². The molecule has 1 aromatic rings. The lowest BCUT2D eigenvalue weighted by molar-refractivity contribution is 0.112. The van der Waals surface area contributed by atoms with Crippen molar-refractivity contribution in [3.8, 4) is 0 Å². The van der Waals surface area contributed by atoms with Gasteiger partial charge in [0.1, 0.15) is 0 Å². The molecule has 1 aromatic carbocycles. The average molecular weight is 240 g/mol. The Morgan fingerprint density at radius 3 is 2.69 bits per heavy atom. The first-order valence-electron chi connectivity index (χ1n) is 5.31. The van der Waals surface area contributed by atoms with E-state index in [9.17, 15) is 4.79 Å². The molecule has 2 rings (SSSR count). The Hall–Kier alpha value is -1.06. The van der Waals surface area contributed by atoms with Crippen molar-refractivity contribution in [3.05, 3.63) is 28.3 Å². The molecule has 86 valence electrons. The van der Waals surface area contributed by atoms with Crippen molar-refractivity contribution in [2.45, 2.75) is 6.92 Å². The van der Waals surface area contributed by atoms with Crippen molar-refractivity contribution in [3.63, 3.8) is 0 Å². The van der Waals surface area contributed by atoms with Crippen LogP contribution in [0.25, 0.3) is 0 Å². The number of morpholine rings is 1.